The number of hydrogen-bond acceptors (Lipinski definition) is 6. The zero-order chi connectivity index (χ0) is 19.4. The molecule has 0 bridgehead atoms. The molecule has 3 amide bonds. The monoisotopic (exact) mass is 408 g/mol. The van der Waals surface area contributed by atoms with Crippen LogP contribution < -0.4 is 16.2 Å². The van der Waals surface area contributed by atoms with Crippen molar-refractivity contribution in [3.05, 3.63) is 40.9 Å². The topological polar surface area (TPSA) is 117 Å². The van der Waals surface area contributed by atoms with Crippen molar-refractivity contribution >= 4 is 33.1 Å². The van der Waals surface area contributed by atoms with Crippen molar-refractivity contribution in [2.24, 2.45) is 0 Å². The van der Waals surface area contributed by atoms with Gasteiger partial charge in [-0.15, -0.1) is 11.3 Å². The molecule has 0 spiro atoms. The lowest BCUT2D eigenvalue weighted by Gasteiger charge is -2.12. The zero-order valence-corrected chi connectivity index (χ0v) is 16.3. The highest BCUT2D eigenvalue weighted by Gasteiger charge is 2.29. The number of amides is 3. The standard InChI is InChI=1S/C17H20N4O4S2/c1-2-11-3-5-12(6-4-11)16-19-14(9-26-16)15(22)20-21-17(23)18-13-7-8-27(24,25)10-13/h3-6,9,13H,2,7-8,10H2,1H3,(H,20,22)(H2,18,21,23)/t13-/m0/s1. The lowest BCUT2D eigenvalue weighted by molar-refractivity contribution is 0.0931. The molecule has 1 aromatic carbocycles. The first-order valence-corrected chi connectivity index (χ1v) is 11.2. The fraction of sp³-hybridized carbons (Fsp3) is 0.353. The number of benzene rings is 1. The summed E-state index contributed by atoms with van der Waals surface area (Å²) < 4.78 is 22.8. The number of carbonyl (C=O) groups excluding carboxylic acids is 2. The molecule has 0 aliphatic carbocycles. The summed E-state index contributed by atoms with van der Waals surface area (Å²) in [6.07, 6.45) is 1.32. The highest BCUT2D eigenvalue weighted by molar-refractivity contribution is 7.91. The van der Waals surface area contributed by atoms with Gasteiger partial charge in [-0.25, -0.2) is 23.6 Å². The van der Waals surface area contributed by atoms with E-state index in [0.717, 1.165) is 12.0 Å². The second kappa shape index (κ2) is 8.05. The Kier molecular flexibility index (Phi) is 5.76. The summed E-state index contributed by atoms with van der Waals surface area (Å²) in [6.45, 7) is 2.08. The van der Waals surface area contributed by atoms with E-state index >= 15 is 0 Å². The average molecular weight is 409 g/mol. The molecule has 3 N–H and O–H groups in total. The van der Waals surface area contributed by atoms with Crippen molar-refractivity contribution < 1.29 is 18.0 Å². The van der Waals surface area contributed by atoms with Crippen LogP contribution in [0.1, 0.15) is 29.4 Å². The fourth-order valence-electron chi connectivity index (χ4n) is 2.70. The van der Waals surface area contributed by atoms with Crippen molar-refractivity contribution in [1.82, 2.24) is 21.2 Å². The van der Waals surface area contributed by atoms with Crippen molar-refractivity contribution in [3.63, 3.8) is 0 Å². The van der Waals surface area contributed by atoms with Gasteiger partial charge in [0.1, 0.15) is 10.7 Å². The SMILES string of the molecule is CCc1ccc(-c2nc(C(=O)NNC(=O)N[C@H]3CCS(=O)(=O)C3)cs2)cc1. The molecule has 1 fully saturated rings. The molecule has 2 heterocycles. The average Bonchev–Trinajstić information content (AvgIpc) is 3.26. The van der Waals surface area contributed by atoms with Gasteiger partial charge in [0.05, 0.1) is 11.5 Å². The van der Waals surface area contributed by atoms with Crippen LogP contribution in [0.3, 0.4) is 0 Å². The second-order valence-electron chi connectivity index (χ2n) is 6.24. The Morgan fingerprint density at radius 3 is 2.59 bits per heavy atom. The predicted octanol–water partition coefficient (Wildman–Crippen LogP) is 1.50. The Hall–Kier alpha value is -2.46. The van der Waals surface area contributed by atoms with Crippen molar-refractivity contribution in [3.8, 4) is 10.6 Å². The van der Waals surface area contributed by atoms with Crippen LogP contribution in [0.2, 0.25) is 0 Å². The van der Waals surface area contributed by atoms with Crippen LogP contribution in [0.15, 0.2) is 29.6 Å². The summed E-state index contributed by atoms with van der Waals surface area (Å²) in [6, 6.07) is 6.86. The molecule has 1 aliphatic rings. The van der Waals surface area contributed by atoms with Gasteiger partial charge >= 0.3 is 6.03 Å². The smallest absolute Gasteiger partial charge is 0.333 e. The minimum Gasteiger partial charge on any atom is -0.333 e. The van der Waals surface area contributed by atoms with E-state index < -0.39 is 27.8 Å². The summed E-state index contributed by atoms with van der Waals surface area (Å²) >= 11 is 1.34. The summed E-state index contributed by atoms with van der Waals surface area (Å²) in [5, 5.41) is 4.85. The van der Waals surface area contributed by atoms with E-state index in [1.165, 1.54) is 16.9 Å². The molecule has 10 heteroatoms. The Morgan fingerprint density at radius 2 is 1.96 bits per heavy atom. The number of aromatic nitrogens is 1. The van der Waals surface area contributed by atoms with E-state index in [4.69, 9.17) is 0 Å². The van der Waals surface area contributed by atoms with Crippen LogP contribution in [0.5, 0.6) is 0 Å². The first-order valence-electron chi connectivity index (χ1n) is 8.48. The molecule has 3 rings (SSSR count). The molecule has 144 valence electrons. The number of urea groups is 1. The molecular formula is C17H20N4O4S2. The summed E-state index contributed by atoms with van der Waals surface area (Å²) in [5.41, 5.74) is 6.82. The number of aryl methyl sites for hydroxylation is 1. The molecule has 27 heavy (non-hydrogen) atoms. The van der Waals surface area contributed by atoms with Gasteiger partial charge in [0.2, 0.25) is 0 Å². The van der Waals surface area contributed by atoms with Crippen LogP contribution in [0, 0.1) is 0 Å². The Balaban J connectivity index is 1.52. The summed E-state index contributed by atoms with van der Waals surface area (Å²) in [5.74, 6) is -0.567. The van der Waals surface area contributed by atoms with Gasteiger partial charge < -0.3 is 5.32 Å². The number of carbonyl (C=O) groups is 2. The van der Waals surface area contributed by atoms with Crippen LogP contribution in [0.4, 0.5) is 4.79 Å². The summed E-state index contributed by atoms with van der Waals surface area (Å²) in [7, 11) is -3.08. The van der Waals surface area contributed by atoms with Gasteiger partial charge in [0.15, 0.2) is 9.84 Å². The van der Waals surface area contributed by atoms with E-state index in [-0.39, 0.29) is 17.2 Å². The molecule has 0 radical (unpaired) electrons. The number of thiazole rings is 1. The molecule has 1 aromatic heterocycles. The lowest BCUT2D eigenvalue weighted by atomic mass is 10.1. The Labute approximate surface area is 161 Å². The van der Waals surface area contributed by atoms with E-state index in [1.54, 1.807) is 5.38 Å². The van der Waals surface area contributed by atoms with Crippen LogP contribution in [-0.2, 0) is 16.3 Å². The highest BCUT2D eigenvalue weighted by Crippen LogP contribution is 2.24. The van der Waals surface area contributed by atoms with Crippen molar-refractivity contribution in [2.45, 2.75) is 25.8 Å². The number of hydrogen-bond donors (Lipinski definition) is 3. The first-order chi connectivity index (χ1) is 12.9. The molecule has 0 unspecified atom stereocenters. The number of rotatable bonds is 4. The molecule has 1 atom stereocenters. The van der Waals surface area contributed by atoms with E-state index in [9.17, 15) is 18.0 Å². The Morgan fingerprint density at radius 1 is 1.22 bits per heavy atom. The van der Waals surface area contributed by atoms with Gasteiger partial charge in [-0.05, 0) is 18.4 Å². The number of sulfone groups is 1. The van der Waals surface area contributed by atoms with Crippen molar-refractivity contribution in [1.29, 1.82) is 0 Å². The van der Waals surface area contributed by atoms with E-state index in [0.29, 0.717) is 11.4 Å². The minimum absolute atomic E-state index is 0.0607. The van der Waals surface area contributed by atoms with Gasteiger partial charge in [-0.3, -0.25) is 10.2 Å². The van der Waals surface area contributed by atoms with Gasteiger partial charge in [-0.1, -0.05) is 31.2 Å². The maximum Gasteiger partial charge on any atom is 0.333 e. The predicted molar refractivity (Wildman–Crippen MR) is 103 cm³/mol. The quantitative estimate of drug-likeness (QED) is 0.663. The first kappa shape index (κ1) is 19.3. The van der Waals surface area contributed by atoms with Crippen LogP contribution >= 0.6 is 11.3 Å². The third-order valence-corrected chi connectivity index (χ3v) is 6.86. The van der Waals surface area contributed by atoms with E-state index in [2.05, 4.69) is 28.1 Å². The van der Waals surface area contributed by atoms with Gasteiger partial charge in [0, 0.05) is 17.0 Å². The largest absolute Gasteiger partial charge is 0.333 e. The normalized spacial score (nSPS) is 18.0. The molecule has 8 nitrogen and oxygen atoms in total. The van der Waals surface area contributed by atoms with Crippen LogP contribution in [0.25, 0.3) is 10.6 Å². The number of nitrogens with zero attached hydrogens (tertiary/aromatic N) is 1. The third-order valence-electron chi connectivity index (χ3n) is 4.20. The maximum atomic E-state index is 12.1. The molecule has 1 aliphatic heterocycles. The van der Waals surface area contributed by atoms with Gasteiger partial charge in [-0.2, -0.15) is 0 Å². The fourth-order valence-corrected chi connectivity index (χ4v) is 5.18. The number of nitrogens with one attached hydrogen (secondary N) is 3. The lowest BCUT2D eigenvalue weighted by Crippen LogP contribution is -2.50. The Bertz CT molecular complexity index is 938. The molecule has 1 saturated heterocycles. The zero-order valence-electron chi connectivity index (χ0n) is 14.7. The highest BCUT2D eigenvalue weighted by atomic mass is 32.2. The molecule has 2 aromatic rings. The maximum absolute atomic E-state index is 12.1. The number of hydrazine groups is 1. The third kappa shape index (κ3) is 5.04. The van der Waals surface area contributed by atoms with Crippen molar-refractivity contribution in [2.75, 3.05) is 11.5 Å². The molecule has 0 saturated carbocycles. The molecular weight excluding hydrogens is 388 g/mol. The minimum atomic E-state index is -3.08. The van der Waals surface area contributed by atoms with Gasteiger partial charge in [0.25, 0.3) is 5.91 Å². The van der Waals surface area contributed by atoms with E-state index in [1.807, 2.05) is 24.3 Å². The second-order valence-corrected chi connectivity index (χ2v) is 9.33. The van der Waals surface area contributed by atoms with Crippen LogP contribution in [-0.4, -0.2) is 42.9 Å². The summed E-state index contributed by atoms with van der Waals surface area (Å²) in [4.78, 5) is 28.2.